The Morgan fingerprint density at radius 2 is 2.09 bits per heavy atom. The number of hydrogen-bond acceptors (Lipinski definition) is 4. The number of carbonyl (C=O) groups excluding carboxylic acids is 1. The highest BCUT2D eigenvalue weighted by Gasteiger charge is 2.38. The minimum Gasteiger partial charge on any atom is -0.481 e. The predicted octanol–water partition coefficient (Wildman–Crippen LogP) is 3.83. The molecular formula is C15H20ClNO4S. The third-order valence-electron chi connectivity index (χ3n) is 3.54. The van der Waals surface area contributed by atoms with Crippen LogP contribution >= 0.6 is 22.9 Å². The maximum atomic E-state index is 12.2. The van der Waals surface area contributed by atoms with Crippen molar-refractivity contribution in [2.45, 2.75) is 38.7 Å². The smallest absolute Gasteiger partial charge is 0.410 e. The molecule has 1 saturated heterocycles. The minimum atomic E-state index is -0.835. The van der Waals surface area contributed by atoms with E-state index in [0.717, 1.165) is 4.88 Å². The summed E-state index contributed by atoms with van der Waals surface area (Å²) in [6.07, 6.45) is 0.0124. The molecule has 7 heteroatoms. The molecule has 2 heterocycles. The summed E-state index contributed by atoms with van der Waals surface area (Å²) in [5.41, 5.74) is -0.567. The second-order valence-electron chi connectivity index (χ2n) is 6.41. The molecule has 22 heavy (non-hydrogen) atoms. The van der Waals surface area contributed by atoms with E-state index in [1.807, 2.05) is 26.8 Å². The molecule has 0 aliphatic carbocycles. The lowest BCUT2D eigenvalue weighted by Gasteiger charge is -2.37. The number of carboxylic acid groups (broad SMARTS) is 1. The molecule has 0 aromatic carbocycles. The molecule has 1 aliphatic heterocycles. The summed E-state index contributed by atoms with van der Waals surface area (Å²) < 4.78 is 6.00. The van der Waals surface area contributed by atoms with Crippen molar-refractivity contribution in [3.8, 4) is 0 Å². The van der Waals surface area contributed by atoms with Gasteiger partial charge in [-0.25, -0.2) is 4.79 Å². The van der Waals surface area contributed by atoms with E-state index in [2.05, 4.69) is 0 Å². The average Bonchev–Trinajstić information content (AvgIpc) is 2.82. The summed E-state index contributed by atoms with van der Waals surface area (Å²) in [5, 5.41) is 9.43. The number of rotatable bonds is 2. The molecule has 2 rings (SSSR count). The average molecular weight is 346 g/mol. The number of likely N-dealkylation sites (tertiary alicyclic amines) is 1. The number of aliphatic carboxylic acids is 1. The fourth-order valence-corrected chi connectivity index (χ4v) is 3.77. The number of amides is 1. The molecule has 1 fully saturated rings. The maximum absolute atomic E-state index is 12.2. The number of hydrogen-bond donors (Lipinski definition) is 1. The van der Waals surface area contributed by atoms with Crippen LogP contribution in [0.1, 0.15) is 38.0 Å². The van der Waals surface area contributed by atoms with Gasteiger partial charge in [0.05, 0.1) is 10.3 Å². The van der Waals surface area contributed by atoms with Crippen LogP contribution in [0.2, 0.25) is 4.34 Å². The van der Waals surface area contributed by atoms with Crippen LogP contribution in [-0.2, 0) is 9.53 Å². The largest absolute Gasteiger partial charge is 0.481 e. The van der Waals surface area contributed by atoms with Crippen molar-refractivity contribution in [1.82, 2.24) is 4.90 Å². The summed E-state index contributed by atoms with van der Waals surface area (Å²) in [6, 6.07) is 3.60. The van der Waals surface area contributed by atoms with Crippen LogP contribution in [0, 0.1) is 5.92 Å². The number of nitrogens with zero attached hydrogens (tertiary/aromatic N) is 1. The first-order chi connectivity index (χ1) is 10.2. The Morgan fingerprint density at radius 1 is 1.41 bits per heavy atom. The molecule has 122 valence electrons. The van der Waals surface area contributed by atoms with Crippen LogP contribution in [0.25, 0.3) is 0 Å². The van der Waals surface area contributed by atoms with Crippen molar-refractivity contribution in [1.29, 1.82) is 0 Å². The molecule has 2 unspecified atom stereocenters. The highest BCUT2D eigenvalue weighted by molar-refractivity contribution is 7.16. The summed E-state index contributed by atoms with van der Waals surface area (Å²) in [5.74, 6) is -1.59. The molecule has 0 spiro atoms. The molecule has 1 aromatic heterocycles. The quantitative estimate of drug-likeness (QED) is 0.884. The molecule has 1 aromatic rings. The first-order valence-corrected chi connectivity index (χ1v) is 8.33. The SMILES string of the molecule is CC(C)(C)OC(=O)N1CCC(C(=O)O)C(c2ccc(Cl)s2)C1. The first kappa shape index (κ1) is 17.1. The van der Waals surface area contributed by atoms with Crippen LogP contribution in [0.5, 0.6) is 0 Å². The van der Waals surface area contributed by atoms with Crippen LogP contribution in [0.3, 0.4) is 0 Å². The van der Waals surface area contributed by atoms with Gasteiger partial charge in [0.1, 0.15) is 5.60 Å². The first-order valence-electron chi connectivity index (χ1n) is 7.13. The van der Waals surface area contributed by atoms with Crippen LogP contribution in [0.15, 0.2) is 12.1 Å². The Hall–Kier alpha value is -1.27. The van der Waals surface area contributed by atoms with Gasteiger partial charge in [0.25, 0.3) is 0 Å². The molecule has 0 bridgehead atoms. The van der Waals surface area contributed by atoms with E-state index in [0.29, 0.717) is 23.8 Å². The van der Waals surface area contributed by atoms with Gasteiger partial charge in [-0.05, 0) is 39.3 Å². The fourth-order valence-electron chi connectivity index (χ4n) is 2.56. The van der Waals surface area contributed by atoms with Gasteiger partial charge in [-0.2, -0.15) is 0 Å². The van der Waals surface area contributed by atoms with Crippen LogP contribution in [-0.4, -0.2) is 40.8 Å². The van der Waals surface area contributed by atoms with E-state index in [-0.39, 0.29) is 5.92 Å². The minimum absolute atomic E-state index is 0.253. The van der Waals surface area contributed by atoms with Gasteiger partial charge in [-0.15, -0.1) is 11.3 Å². The van der Waals surface area contributed by atoms with Gasteiger partial charge in [0.2, 0.25) is 0 Å². The molecule has 2 atom stereocenters. The lowest BCUT2D eigenvalue weighted by Crippen LogP contribution is -2.46. The Bertz CT molecular complexity index is 566. The summed E-state index contributed by atoms with van der Waals surface area (Å²) in [4.78, 5) is 26.2. The number of ether oxygens (including phenoxy) is 1. The molecule has 1 amide bonds. The van der Waals surface area contributed by atoms with Gasteiger partial charge in [-0.1, -0.05) is 11.6 Å². The Morgan fingerprint density at radius 3 is 2.59 bits per heavy atom. The van der Waals surface area contributed by atoms with E-state index >= 15 is 0 Å². The van der Waals surface area contributed by atoms with Crippen molar-refractivity contribution < 1.29 is 19.4 Å². The second kappa shape index (κ2) is 6.46. The van der Waals surface area contributed by atoms with Gasteiger partial charge in [0.15, 0.2) is 0 Å². The topological polar surface area (TPSA) is 66.8 Å². The lowest BCUT2D eigenvalue weighted by atomic mass is 9.84. The van der Waals surface area contributed by atoms with Crippen molar-refractivity contribution in [2.24, 2.45) is 5.92 Å². The number of carboxylic acids is 1. The summed E-state index contributed by atoms with van der Waals surface area (Å²) in [7, 11) is 0. The molecule has 5 nitrogen and oxygen atoms in total. The van der Waals surface area contributed by atoms with Gasteiger partial charge < -0.3 is 14.7 Å². The van der Waals surface area contributed by atoms with Gasteiger partial charge in [0, 0.05) is 23.9 Å². The number of thiophene rings is 1. The fraction of sp³-hybridized carbons (Fsp3) is 0.600. The van der Waals surface area contributed by atoms with Crippen molar-refractivity contribution in [2.75, 3.05) is 13.1 Å². The van der Waals surface area contributed by atoms with Crippen molar-refractivity contribution in [3.63, 3.8) is 0 Å². The van der Waals surface area contributed by atoms with Crippen LogP contribution < -0.4 is 0 Å². The normalized spacial score (nSPS) is 22.5. The lowest BCUT2D eigenvalue weighted by molar-refractivity contribution is -0.144. The number of halogens is 1. The third kappa shape index (κ3) is 4.14. The third-order valence-corrected chi connectivity index (χ3v) is 4.90. The Labute approximate surface area is 138 Å². The number of piperidine rings is 1. The molecule has 0 saturated carbocycles. The Balaban J connectivity index is 2.16. The zero-order valence-electron chi connectivity index (χ0n) is 12.8. The maximum Gasteiger partial charge on any atom is 0.410 e. The van der Waals surface area contributed by atoms with Crippen molar-refractivity contribution >= 4 is 35.0 Å². The van der Waals surface area contributed by atoms with E-state index in [4.69, 9.17) is 16.3 Å². The zero-order valence-corrected chi connectivity index (χ0v) is 14.4. The highest BCUT2D eigenvalue weighted by Crippen LogP contribution is 2.38. The highest BCUT2D eigenvalue weighted by atomic mass is 35.5. The van der Waals surface area contributed by atoms with Gasteiger partial charge >= 0.3 is 12.1 Å². The molecular weight excluding hydrogens is 326 g/mol. The number of carbonyl (C=O) groups is 2. The standard InChI is InChI=1S/C15H20ClNO4S/c1-15(2,3)21-14(20)17-7-6-9(13(18)19)10(8-17)11-4-5-12(16)22-11/h4-5,9-10H,6-8H2,1-3H3,(H,18,19). The van der Waals surface area contributed by atoms with E-state index in [1.54, 1.807) is 11.0 Å². The Kier molecular flexibility index (Phi) is 5.02. The molecule has 1 N–H and O–H groups in total. The summed E-state index contributed by atoms with van der Waals surface area (Å²) >= 11 is 7.32. The molecule has 1 aliphatic rings. The predicted molar refractivity (Wildman–Crippen MR) is 85.6 cm³/mol. The second-order valence-corrected chi connectivity index (χ2v) is 8.15. The summed E-state index contributed by atoms with van der Waals surface area (Å²) in [6.45, 7) is 6.16. The zero-order chi connectivity index (χ0) is 16.5. The van der Waals surface area contributed by atoms with Gasteiger partial charge in [-0.3, -0.25) is 4.79 Å². The van der Waals surface area contributed by atoms with E-state index in [1.165, 1.54) is 11.3 Å². The van der Waals surface area contributed by atoms with Crippen molar-refractivity contribution in [3.05, 3.63) is 21.3 Å². The van der Waals surface area contributed by atoms with Crippen LogP contribution in [0.4, 0.5) is 4.79 Å². The van der Waals surface area contributed by atoms with E-state index < -0.39 is 23.6 Å². The monoisotopic (exact) mass is 345 g/mol. The molecule has 0 radical (unpaired) electrons. The van der Waals surface area contributed by atoms with E-state index in [9.17, 15) is 14.7 Å².